The van der Waals surface area contributed by atoms with Crippen LogP contribution in [0.2, 0.25) is 0 Å². The van der Waals surface area contributed by atoms with Gasteiger partial charge in [0.15, 0.2) is 6.29 Å². The number of aliphatic hydroxyl groups excluding tert-OH is 7. The van der Waals surface area contributed by atoms with Crippen molar-refractivity contribution in [1.82, 2.24) is 5.32 Å². The van der Waals surface area contributed by atoms with Gasteiger partial charge >= 0.3 is 0 Å². The van der Waals surface area contributed by atoms with Crippen molar-refractivity contribution in [3.05, 3.63) is 0 Å². The van der Waals surface area contributed by atoms with E-state index < -0.39 is 74.2 Å². The van der Waals surface area contributed by atoms with E-state index in [1.165, 1.54) is 70.6 Å². The summed E-state index contributed by atoms with van der Waals surface area (Å²) in [5.74, 6) is -0.709. The van der Waals surface area contributed by atoms with Crippen LogP contribution in [-0.4, -0.2) is 110 Å². The highest BCUT2D eigenvalue weighted by Gasteiger charge is 2.44. The number of carbonyl (C=O) groups is 1. The first-order chi connectivity index (χ1) is 21.2. The number of aliphatic hydroxyl groups is 7. The molecular formula is C33H65NO10. The number of hydrogen-bond acceptors (Lipinski definition) is 10. The van der Waals surface area contributed by atoms with E-state index in [2.05, 4.69) is 12.2 Å². The molecule has 0 radical (unpaired) electrons. The molecule has 0 aromatic rings. The van der Waals surface area contributed by atoms with Gasteiger partial charge in [-0.15, -0.1) is 0 Å². The lowest BCUT2D eigenvalue weighted by Crippen LogP contribution is -2.60. The highest BCUT2D eigenvalue weighted by atomic mass is 16.7. The van der Waals surface area contributed by atoms with Crippen LogP contribution < -0.4 is 5.32 Å². The molecule has 9 atom stereocenters. The molecule has 0 aromatic carbocycles. The van der Waals surface area contributed by atoms with Gasteiger partial charge in [0, 0.05) is 0 Å². The minimum atomic E-state index is -1.65. The van der Waals surface area contributed by atoms with E-state index in [1.54, 1.807) is 0 Å². The van der Waals surface area contributed by atoms with Crippen LogP contribution in [0.25, 0.3) is 0 Å². The van der Waals surface area contributed by atoms with Crippen LogP contribution in [0.15, 0.2) is 0 Å². The molecule has 1 aliphatic rings. The average molecular weight is 636 g/mol. The highest BCUT2D eigenvalue weighted by molar-refractivity contribution is 5.80. The largest absolute Gasteiger partial charge is 0.394 e. The SMILES string of the molecule is CCCCCCCCCCCCCCCCCC(O)C(=O)NC(COC1OC(CO)C(O)C(O)C1O)C(O)C(O)CCCC. The number of hydrogen-bond donors (Lipinski definition) is 8. The zero-order valence-electron chi connectivity index (χ0n) is 27.4. The third-order valence-electron chi connectivity index (χ3n) is 8.66. The number of unbranched alkanes of at least 4 members (excludes halogenated alkanes) is 15. The second kappa shape index (κ2) is 25.2. The highest BCUT2D eigenvalue weighted by Crippen LogP contribution is 2.23. The molecule has 0 aromatic heterocycles. The van der Waals surface area contributed by atoms with Crippen molar-refractivity contribution in [3.8, 4) is 0 Å². The second-order valence-corrected chi connectivity index (χ2v) is 12.6. The lowest BCUT2D eigenvalue weighted by Gasteiger charge is -2.40. The molecule has 1 heterocycles. The number of amides is 1. The summed E-state index contributed by atoms with van der Waals surface area (Å²) >= 11 is 0. The van der Waals surface area contributed by atoms with Crippen molar-refractivity contribution in [3.63, 3.8) is 0 Å². The summed E-state index contributed by atoms with van der Waals surface area (Å²) < 4.78 is 10.9. The molecule has 9 unspecified atom stereocenters. The lowest BCUT2D eigenvalue weighted by molar-refractivity contribution is -0.303. The van der Waals surface area contributed by atoms with Crippen molar-refractivity contribution in [2.24, 2.45) is 0 Å². The summed E-state index contributed by atoms with van der Waals surface area (Å²) in [7, 11) is 0. The fraction of sp³-hybridized carbons (Fsp3) is 0.970. The Kier molecular flexibility index (Phi) is 23.6. The first-order valence-electron chi connectivity index (χ1n) is 17.4. The maximum absolute atomic E-state index is 12.8. The van der Waals surface area contributed by atoms with Crippen molar-refractivity contribution in [2.45, 2.75) is 191 Å². The van der Waals surface area contributed by atoms with Gasteiger partial charge in [0.25, 0.3) is 0 Å². The van der Waals surface area contributed by atoms with Gasteiger partial charge in [-0.05, 0) is 12.8 Å². The Morgan fingerprint density at radius 1 is 0.705 bits per heavy atom. The van der Waals surface area contributed by atoms with E-state index in [9.17, 15) is 40.5 Å². The van der Waals surface area contributed by atoms with Gasteiger partial charge in [0.2, 0.25) is 5.91 Å². The van der Waals surface area contributed by atoms with Crippen LogP contribution >= 0.6 is 0 Å². The summed E-state index contributed by atoms with van der Waals surface area (Å²) in [6, 6.07) is -1.16. The Morgan fingerprint density at radius 3 is 1.70 bits per heavy atom. The van der Waals surface area contributed by atoms with Crippen LogP contribution in [0.1, 0.15) is 136 Å². The minimum Gasteiger partial charge on any atom is -0.394 e. The fourth-order valence-electron chi connectivity index (χ4n) is 5.60. The predicted octanol–water partition coefficient (Wildman–Crippen LogP) is 2.82. The van der Waals surface area contributed by atoms with E-state index in [-0.39, 0.29) is 12.8 Å². The third kappa shape index (κ3) is 16.6. The van der Waals surface area contributed by atoms with Crippen LogP contribution in [0.5, 0.6) is 0 Å². The van der Waals surface area contributed by atoms with Crippen molar-refractivity contribution < 1.29 is 50.0 Å². The molecule has 11 nitrogen and oxygen atoms in total. The van der Waals surface area contributed by atoms with Crippen molar-refractivity contribution in [2.75, 3.05) is 13.2 Å². The topological polar surface area (TPSA) is 189 Å². The molecule has 0 aliphatic carbocycles. The molecular weight excluding hydrogens is 570 g/mol. The standard InChI is InChI=1S/C33H65NO10/c1-3-5-7-8-9-10-11-12-13-14-15-16-17-18-19-21-26(37)32(42)34-24(28(38)25(36)20-6-4-2)23-43-33-31(41)30(40)29(39)27(22-35)44-33/h24-31,33,35-41H,3-23H2,1-2H3,(H,34,42). The molecule has 1 rings (SSSR count). The predicted molar refractivity (Wildman–Crippen MR) is 169 cm³/mol. The Balaban J connectivity index is 2.40. The summed E-state index contributed by atoms with van der Waals surface area (Å²) in [6.45, 7) is 3.13. The smallest absolute Gasteiger partial charge is 0.249 e. The van der Waals surface area contributed by atoms with Gasteiger partial charge in [-0.3, -0.25) is 4.79 Å². The average Bonchev–Trinajstić information content (AvgIpc) is 3.02. The summed E-state index contributed by atoms with van der Waals surface area (Å²) in [4.78, 5) is 12.8. The summed E-state index contributed by atoms with van der Waals surface area (Å²) in [5, 5.41) is 73.9. The van der Waals surface area contributed by atoms with Crippen molar-refractivity contribution >= 4 is 5.91 Å². The number of rotatable bonds is 27. The normalized spacial score (nSPS) is 25.0. The number of ether oxygens (including phenoxy) is 2. The van der Waals surface area contributed by atoms with Crippen LogP contribution in [0.3, 0.4) is 0 Å². The lowest BCUT2D eigenvalue weighted by atomic mass is 9.99. The molecule has 1 aliphatic heterocycles. The maximum Gasteiger partial charge on any atom is 0.249 e. The second-order valence-electron chi connectivity index (χ2n) is 12.6. The van der Waals surface area contributed by atoms with Gasteiger partial charge in [0.05, 0.1) is 25.4 Å². The van der Waals surface area contributed by atoms with E-state index in [0.29, 0.717) is 12.8 Å². The first kappa shape index (κ1) is 41.1. The van der Waals surface area contributed by atoms with E-state index in [1.807, 2.05) is 6.92 Å². The molecule has 0 saturated carbocycles. The monoisotopic (exact) mass is 635 g/mol. The van der Waals surface area contributed by atoms with Gasteiger partial charge < -0.3 is 50.5 Å². The van der Waals surface area contributed by atoms with E-state index >= 15 is 0 Å². The van der Waals surface area contributed by atoms with Gasteiger partial charge in [-0.2, -0.15) is 0 Å². The Morgan fingerprint density at radius 2 is 1.20 bits per heavy atom. The quantitative estimate of drug-likeness (QED) is 0.0623. The van der Waals surface area contributed by atoms with Crippen molar-refractivity contribution in [1.29, 1.82) is 0 Å². The van der Waals surface area contributed by atoms with E-state index in [0.717, 1.165) is 25.7 Å². The molecule has 1 amide bonds. The molecule has 0 spiro atoms. The summed E-state index contributed by atoms with van der Waals surface area (Å²) in [6.07, 6.45) is 8.84. The van der Waals surface area contributed by atoms with Crippen LogP contribution in [0.4, 0.5) is 0 Å². The Hall–Kier alpha value is -0.890. The first-order valence-corrected chi connectivity index (χ1v) is 17.4. The van der Waals surface area contributed by atoms with E-state index in [4.69, 9.17) is 9.47 Å². The third-order valence-corrected chi connectivity index (χ3v) is 8.66. The number of carbonyl (C=O) groups excluding carboxylic acids is 1. The van der Waals surface area contributed by atoms with Gasteiger partial charge in [-0.1, -0.05) is 123 Å². The van der Waals surface area contributed by atoms with Crippen LogP contribution in [-0.2, 0) is 14.3 Å². The molecule has 44 heavy (non-hydrogen) atoms. The molecule has 11 heteroatoms. The number of nitrogens with one attached hydrogen (secondary N) is 1. The Bertz CT molecular complexity index is 699. The maximum atomic E-state index is 12.8. The zero-order chi connectivity index (χ0) is 32.7. The zero-order valence-corrected chi connectivity index (χ0v) is 27.4. The van der Waals surface area contributed by atoms with Crippen LogP contribution in [0, 0.1) is 0 Å². The van der Waals surface area contributed by atoms with Gasteiger partial charge in [-0.25, -0.2) is 0 Å². The molecule has 1 fully saturated rings. The van der Waals surface area contributed by atoms with Gasteiger partial charge in [0.1, 0.15) is 36.6 Å². The summed E-state index contributed by atoms with van der Waals surface area (Å²) in [5.41, 5.74) is 0. The molecule has 8 N–H and O–H groups in total. The molecule has 0 bridgehead atoms. The fourth-order valence-corrected chi connectivity index (χ4v) is 5.60. The minimum absolute atomic E-state index is 0.263. The Labute approximate surface area is 265 Å². The molecule has 1 saturated heterocycles. The molecule has 262 valence electrons.